The highest BCUT2D eigenvalue weighted by Crippen LogP contribution is 2.43. The number of thioether (sulfide) groups is 1. The van der Waals surface area contributed by atoms with Crippen molar-refractivity contribution in [3.05, 3.63) is 69.2 Å². The summed E-state index contributed by atoms with van der Waals surface area (Å²) in [5, 5.41) is 0. The number of benzene rings is 2. The maximum atomic E-state index is 12.4. The molecular weight excluding hydrogens is 477 g/mol. The quantitative estimate of drug-likeness (QED) is 0.436. The maximum absolute atomic E-state index is 12.4. The number of hydrogen-bond acceptors (Lipinski definition) is 4. The number of ether oxygens (including phenoxy) is 1. The zero-order valence-electron chi connectivity index (χ0n) is 17.7. The number of esters is 1. The summed E-state index contributed by atoms with van der Waals surface area (Å²) in [7, 11) is 1.41. The van der Waals surface area contributed by atoms with Gasteiger partial charge in [-0.3, -0.25) is 4.39 Å². The molecule has 0 spiro atoms. The number of carbonyl (C=O) groups excluding carboxylic acids is 1. The number of hydrogen-bond donors (Lipinski definition) is 0. The molecule has 0 bridgehead atoms. The third kappa shape index (κ3) is 5.24. The summed E-state index contributed by atoms with van der Waals surface area (Å²) in [5.74, 6) is 1.18. The molecule has 164 valence electrons. The average molecular weight is 504 g/mol. The summed E-state index contributed by atoms with van der Waals surface area (Å²) in [4.78, 5) is 15.4. The van der Waals surface area contributed by atoms with Gasteiger partial charge >= 0.3 is 5.97 Å². The van der Waals surface area contributed by atoms with E-state index in [-0.39, 0.29) is 12.6 Å². The number of alkyl halides is 1. The van der Waals surface area contributed by atoms with Crippen LogP contribution >= 0.6 is 27.7 Å². The Hall–Kier alpha value is -1.63. The van der Waals surface area contributed by atoms with E-state index in [4.69, 9.17) is 4.74 Å². The lowest BCUT2D eigenvalue weighted by Crippen LogP contribution is -2.22. The zero-order valence-corrected chi connectivity index (χ0v) is 20.1. The molecule has 0 amide bonds. The van der Waals surface area contributed by atoms with Crippen LogP contribution in [0.5, 0.6) is 0 Å². The van der Waals surface area contributed by atoms with Gasteiger partial charge in [0.2, 0.25) is 0 Å². The van der Waals surface area contributed by atoms with Crippen molar-refractivity contribution in [1.29, 1.82) is 0 Å². The first-order valence-electron chi connectivity index (χ1n) is 10.7. The minimum atomic E-state index is -0.307. The van der Waals surface area contributed by atoms with E-state index < -0.39 is 0 Å². The second kappa shape index (κ2) is 10.3. The largest absolute Gasteiger partial charge is 0.465 e. The van der Waals surface area contributed by atoms with Gasteiger partial charge in [-0.25, -0.2) is 4.79 Å². The Kier molecular flexibility index (Phi) is 7.51. The third-order valence-corrected chi connectivity index (χ3v) is 8.17. The Balaban J connectivity index is 1.48. The predicted octanol–water partition coefficient (Wildman–Crippen LogP) is 5.96. The van der Waals surface area contributed by atoms with E-state index >= 15 is 0 Å². The van der Waals surface area contributed by atoms with Gasteiger partial charge in [0.05, 0.1) is 19.3 Å². The molecule has 0 radical (unpaired) electrons. The first-order chi connectivity index (χ1) is 15.1. The number of methoxy groups -OCH3 is 1. The van der Waals surface area contributed by atoms with E-state index in [0.717, 1.165) is 42.3 Å². The van der Waals surface area contributed by atoms with Crippen molar-refractivity contribution in [3.63, 3.8) is 0 Å². The van der Waals surface area contributed by atoms with Gasteiger partial charge < -0.3 is 9.64 Å². The Morgan fingerprint density at radius 2 is 2.06 bits per heavy atom. The number of halogens is 2. The number of carbonyl (C=O) groups is 1. The molecule has 2 aliphatic rings. The molecule has 2 aliphatic heterocycles. The predicted molar refractivity (Wildman–Crippen MR) is 129 cm³/mol. The van der Waals surface area contributed by atoms with Gasteiger partial charge in [-0.2, -0.15) is 0 Å². The highest BCUT2D eigenvalue weighted by Gasteiger charge is 2.23. The van der Waals surface area contributed by atoms with Gasteiger partial charge in [0.25, 0.3) is 0 Å². The van der Waals surface area contributed by atoms with Crippen LogP contribution in [-0.4, -0.2) is 50.0 Å². The molecule has 0 aliphatic carbocycles. The normalized spacial score (nSPS) is 18.9. The summed E-state index contributed by atoms with van der Waals surface area (Å²) in [6, 6.07) is 14.6. The van der Waals surface area contributed by atoms with Gasteiger partial charge in [0.1, 0.15) is 0 Å². The lowest BCUT2D eigenvalue weighted by molar-refractivity contribution is 0.0600. The molecule has 31 heavy (non-hydrogen) atoms. The molecule has 0 aromatic heterocycles. The Labute approximate surface area is 196 Å². The Morgan fingerprint density at radius 1 is 1.26 bits per heavy atom. The molecule has 1 saturated heterocycles. The topological polar surface area (TPSA) is 29.5 Å². The Morgan fingerprint density at radius 3 is 2.81 bits per heavy atom. The van der Waals surface area contributed by atoms with Crippen molar-refractivity contribution in [1.82, 2.24) is 4.90 Å². The van der Waals surface area contributed by atoms with Crippen LogP contribution in [-0.2, 0) is 11.2 Å². The summed E-state index contributed by atoms with van der Waals surface area (Å²) in [5.41, 5.74) is 5.44. The molecular formula is C25H27BrFNO2S. The lowest BCUT2D eigenvalue weighted by atomic mass is 9.93. The molecule has 1 fully saturated rings. The molecule has 2 aromatic carbocycles. The fourth-order valence-corrected chi connectivity index (χ4v) is 6.22. The molecule has 2 heterocycles. The minimum absolute atomic E-state index is 0.223. The van der Waals surface area contributed by atoms with Gasteiger partial charge in [0, 0.05) is 33.8 Å². The molecule has 0 N–H and O–H groups in total. The monoisotopic (exact) mass is 503 g/mol. The number of likely N-dealkylation sites (tertiary alicyclic amines) is 1. The first-order valence-corrected chi connectivity index (χ1v) is 12.5. The van der Waals surface area contributed by atoms with E-state index in [1.165, 1.54) is 34.7 Å². The molecule has 6 heteroatoms. The molecule has 4 rings (SSSR count). The number of rotatable bonds is 7. The van der Waals surface area contributed by atoms with E-state index in [1.54, 1.807) is 11.8 Å². The maximum Gasteiger partial charge on any atom is 0.337 e. The van der Waals surface area contributed by atoms with Crippen LogP contribution in [0, 0.1) is 5.92 Å². The second-order valence-electron chi connectivity index (χ2n) is 8.17. The van der Waals surface area contributed by atoms with E-state index in [2.05, 4.69) is 45.1 Å². The van der Waals surface area contributed by atoms with Crippen molar-refractivity contribution < 1.29 is 13.9 Å². The van der Waals surface area contributed by atoms with Crippen LogP contribution in [0.15, 0.2) is 51.8 Å². The van der Waals surface area contributed by atoms with Crippen LogP contribution in [0.25, 0.3) is 5.57 Å². The van der Waals surface area contributed by atoms with E-state index in [0.29, 0.717) is 17.9 Å². The number of fused-ring (bicyclic) bond motifs is 1. The fraction of sp³-hybridized carbons (Fsp3) is 0.400. The molecule has 2 aromatic rings. The third-order valence-electron chi connectivity index (χ3n) is 6.04. The van der Waals surface area contributed by atoms with Crippen molar-refractivity contribution in [2.45, 2.75) is 24.2 Å². The summed E-state index contributed by atoms with van der Waals surface area (Å²) in [6.07, 6.45) is 2.91. The van der Waals surface area contributed by atoms with E-state index in [1.807, 2.05) is 18.2 Å². The van der Waals surface area contributed by atoms with Crippen LogP contribution < -0.4 is 0 Å². The van der Waals surface area contributed by atoms with Gasteiger partial charge in [0.15, 0.2) is 0 Å². The standard InChI is InChI=1S/C25H27BrFNO2S/c1-30-25(29)20-7-8-21-23(14-20)31-16-22(26)24(21)19-5-3-17(4-6-19)13-18-9-12-28(15-18)11-2-10-27/h3-8,14,18H,2,9-13,15-16H2,1H3. The first kappa shape index (κ1) is 22.6. The second-order valence-corrected chi connectivity index (χ2v) is 10.1. The number of nitrogens with zero attached hydrogens (tertiary/aromatic N) is 1. The Bertz CT molecular complexity index is 976. The van der Waals surface area contributed by atoms with Crippen LogP contribution in [0.2, 0.25) is 0 Å². The van der Waals surface area contributed by atoms with Crippen molar-refractivity contribution in [2.75, 3.05) is 39.2 Å². The fourth-order valence-electron chi connectivity index (χ4n) is 4.47. The molecule has 1 atom stereocenters. The van der Waals surface area contributed by atoms with Crippen molar-refractivity contribution >= 4 is 39.2 Å². The lowest BCUT2D eigenvalue weighted by Gasteiger charge is -2.21. The minimum Gasteiger partial charge on any atom is -0.465 e. The molecule has 1 unspecified atom stereocenters. The van der Waals surface area contributed by atoms with Crippen LogP contribution in [0.4, 0.5) is 4.39 Å². The zero-order chi connectivity index (χ0) is 21.8. The summed E-state index contributed by atoms with van der Waals surface area (Å²) < 4.78 is 18.5. The smallest absolute Gasteiger partial charge is 0.337 e. The summed E-state index contributed by atoms with van der Waals surface area (Å²) >= 11 is 5.50. The van der Waals surface area contributed by atoms with Gasteiger partial charge in [-0.05, 0) is 60.5 Å². The molecule has 0 saturated carbocycles. The highest BCUT2D eigenvalue weighted by molar-refractivity contribution is 9.12. The van der Waals surface area contributed by atoms with Crippen molar-refractivity contribution in [2.24, 2.45) is 5.92 Å². The molecule has 3 nitrogen and oxygen atoms in total. The highest BCUT2D eigenvalue weighted by atomic mass is 79.9. The summed E-state index contributed by atoms with van der Waals surface area (Å²) in [6.45, 7) is 2.82. The van der Waals surface area contributed by atoms with Crippen LogP contribution in [0.3, 0.4) is 0 Å². The average Bonchev–Trinajstić information content (AvgIpc) is 3.24. The van der Waals surface area contributed by atoms with E-state index in [9.17, 15) is 9.18 Å². The van der Waals surface area contributed by atoms with Crippen LogP contribution in [0.1, 0.15) is 39.9 Å². The van der Waals surface area contributed by atoms with Gasteiger partial charge in [-0.1, -0.05) is 46.3 Å². The van der Waals surface area contributed by atoms with Gasteiger partial charge in [-0.15, -0.1) is 11.8 Å². The SMILES string of the molecule is COC(=O)c1ccc2c(c1)SCC(Br)=C2c1ccc(CC2CCN(CCCF)C2)cc1. The van der Waals surface area contributed by atoms with Crippen molar-refractivity contribution in [3.8, 4) is 0 Å².